The fourth-order valence-corrected chi connectivity index (χ4v) is 3.24. The van der Waals surface area contributed by atoms with Gasteiger partial charge in [-0.15, -0.1) is 5.10 Å². The minimum atomic E-state index is -4.43. The second-order valence-corrected chi connectivity index (χ2v) is 7.87. The summed E-state index contributed by atoms with van der Waals surface area (Å²) in [6.45, 7) is 3.53. The van der Waals surface area contributed by atoms with E-state index in [2.05, 4.69) is 42.5 Å². The van der Waals surface area contributed by atoms with Crippen LogP contribution in [0.4, 0.5) is 13.2 Å². The SMILES string of the molecule is Cc1c(Br)cnc2nn(CC(C)(C#N)NC(=S)c3ccc(C(F)(F)F)cc3)nc12. The Balaban J connectivity index is 1.80. The average Bonchev–Trinajstić information content (AvgIpc) is 3.07. The molecule has 0 fully saturated rings. The van der Waals surface area contributed by atoms with Gasteiger partial charge in [0.1, 0.15) is 16.0 Å². The Bertz CT molecular complexity index is 1120. The summed E-state index contributed by atoms with van der Waals surface area (Å²) in [4.78, 5) is 5.69. The molecule has 0 amide bonds. The van der Waals surface area contributed by atoms with Gasteiger partial charge in [0, 0.05) is 16.2 Å². The highest BCUT2D eigenvalue weighted by atomic mass is 79.9. The number of nitrogens with one attached hydrogen (secondary N) is 1. The van der Waals surface area contributed by atoms with Gasteiger partial charge in [0.2, 0.25) is 5.65 Å². The Hall–Kier alpha value is -2.58. The zero-order chi connectivity index (χ0) is 21.4. The summed E-state index contributed by atoms with van der Waals surface area (Å²) in [5.41, 5.74) is 0.317. The van der Waals surface area contributed by atoms with Crippen LogP contribution in [0.15, 0.2) is 34.9 Å². The zero-order valence-corrected chi connectivity index (χ0v) is 17.7. The fourth-order valence-electron chi connectivity index (χ4n) is 2.59. The van der Waals surface area contributed by atoms with Crippen molar-refractivity contribution in [2.75, 3.05) is 0 Å². The molecule has 2 heterocycles. The Labute approximate surface area is 177 Å². The maximum atomic E-state index is 12.7. The van der Waals surface area contributed by atoms with E-state index < -0.39 is 17.3 Å². The first-order valence-electron chi connectivity index (χ1n) is 8.29. The lowest BCUT2D eigenvalue weighted by molar-refractivity contribution is -0.137. The van der Waals surface area contributed by atoms with Gasteiger partial charge in [-0.3, -0.25) is 0 Å². The van der Waals surface area contributed by atoms with Gasteiger partial charge in [-0.25, -0.2) is 4.98 Å². The summed E-state index contributed by atoms with van der Waals surface area (Å²) in [6.07, 6.45) is -2.80. The molecule has 1 unspecified atom stereocenters. The van der Waals surface area contributed by atoms with Gasteiger partial charge in [0.25, 0.3) is 0 Å². The van der Waals surface area contributed by atoms with Gasteiger partial charge in [-0.2, -0.15) is 28.3 Å². The smallest absolute Gasteiger partial charge is 0.357 e. The summed E-state index contributed by atoms with van der Waals surface area (Å²) in [5, 5.41) is 21.2. The first-order chi connectivity index (χ1) is 13.5. The van der Waals surface area contributed by atoms with Gasteiger partial charge in [0.15, 0.2) is 0 Å². The van der Waals surface area contributed by atoms with E-state index in [9.17, 15) is 18.4 Å². The second-order valence-electron chi connectivity index (χ2n) is 6.61. The summed E-state index contributed by atoms with van der Waals surface area (Å²) >= 11 is 8.66. The molecule has 6 nitrogen and oxygen atoms in total. The standard InChI is InChI=1S/C18H14BrF3N6S/c1-10-13(19)7-24-15-14(10)26-28(27-15)9-17(2,8-23)25-16(29)11-3-5-12(6-4-11)18(20,21)22/h3-7H,9H2,1-2H3,(H,25,29). The molecule has 0 aliphatic rings. The number of nitriles is 1. The van der Waals surface area contributed by atoms with Gasteiger partial charge >= 0.3 is 6.18 Å². The Morgan fingerprint density at radius 3 is 2.52 bits per heavy atom. The van der Waals surface area contributed by atoms with Crippen molar-refractivity contribution in [2.24, 2.45) is 0 Å². The number of alkyl halides is 3. The van der Waals surface area contributed by atoms with Crippen molar-refractivity contribution in [2.45, 2.75) is 32.1 Å². The fraction of sp³-hybridized carbons (Fsp3) is 0.278. The molecular formula is C18H14BrF3N6S. The van der Waals surface area contributed by atoms with Crippen molar-refractivity contribution in [3.63, 3.8) is 0 Å². The van der Waals surface area contributed by atoms with Crippen molar-refractivity contribution in [1.29, 1.82) is 5.26 Å². The van der Waals surface area contributed by atoms with Gasteiger partial charge in [0.05, 0.1) is 18.2 Å². The molecule has 3 aromatic rings. The van der Waals surface area contributed by atoms with Crippen LogP contribution < -0.4 is 5.32 Å². The normalized spacial score (nSPS) is 13.7. The molecule has 11 heteroatoms. The Morgan fingerprint density at radius 2 is 1.93 bits per heavy atom. The topological polar surface area (TPSA) is 79.4 Å². The van der Waals surface area contributed by atoms with E-state index in [0.29, 0.717) is 16.7 Å². The number of pyridine rings is 1. The minimum Gasteiger partial charge on any atom is -0.357 e. The van der Waals surface area contributed by atoms with E-state index in [1.165, 1.54) is 16.9 Å². The molecule has 0 bridgehead atoms. The Kier molecular flexibility index (Phi) is 5.60. The summed E-state index contributed by atoms with van der Waals surface area (Å²) < 4.78 is 38.9. The number of benzene rings is 1. The molecular weight excluding hydrogens is 469 g/mol. The van der Waals surface area contributed by atoms with Gasteiger partial charge < -0.3 is 5.32 Å². The molecule has 0 aliphatic heterocycles. The molecule has 0 aliphatic carbocycles. The lowest BCUT2D eigenvalue weighted by Crippen LogP contribution is -2.48. The molecule has 1 atom stereocenters. The number of nitrogens with zero attached hydrogens (tertiary/aromatic N) is 5. The van der Waals surface area contributed by atoms with Crippen molar-refractivity contribution in [3.05, 3.63) is 51.6 Å². The molecule has 0 spiro atoms. The number of thiocarbonyl (C=S) groups is 1. The van der Waals surface area contributed by atoms with Gasteiger partial charge in [-0.1, -0.05) is 24.4 Å². The van der Waals surface area contributed by atoms with Crippen LogP contribution in [0.5, 0.6) is 0 Å². The largest absolute Gasteiger partial charge is 0.416 e. The molecule has 0 saturated carbocycles. The van der Waals surface area contributed by atoms with E-state index in [-0.39, 0.29) is 11.5 Å². The van der Waals surface area contributed by atoms with E-state index >= 15 is 0 Å². The van der Waals surface area contributed by atoms with E-state index in [0.717, 1.165) is 22.2 Å². The maximum absolute atomic E-state index is 12.7. The van der Waals surface area contributed by atoms with Crippen LogP contribution in [0.2, 0.25) is 0 Å². The lowest BCUT2D eigenvalue weighted by Gasteiger charge is -2.24. The highest BCUT2D eigenvalue weighted by Crippen LogP contribution is 2.29. The van der Waals surface area contributed by atoms with Crippen LogP contribution in [0, 0.1) is 18.3 Å². The number of fused-ring (bicyclic) bond motifs is 1. The van der Waals surface area contributed by atoms with E-state index in [1.54, 1.807) is 13.1 Å². The van der Waals surface area contributed by atoms with Crippen molar-refractivity contribution in [1.82, 2.24) is 25.3 Å². The van der Waals surface area contributed by atoms with Crippen molar-refractivity contribution >= 4 is 44.3 Å². The molecule has 1 N–H and O–H groups in total. The third-order valence-electron chi connectivity index (χ3n) is 4.22. The van der Waals surface area contributed by atoms with Crippen LogP contribution in [0.25, 0.3) is 11.2 Å². The predicted octanol–water partition coefficient (Wildman–Crippen LogP) is 4.16. The first kappa shape index (κ1) is 21.1. The minimum absolute atomic E-state index is 0.0533. The quantitative estimate of drug-likeness (QED) is 0.562. The van der Waals surface area contributed by atoms with Crippen LogP contribution in [-0.4, -0.2) is 30.5 Å². The number of aromatic nitrogens is 4. The van der Waals surface area contributed by atoms with Gasteiger partial charge in [-0.05, 0) is 47.5 Å². The summed E-state index contributed by atoms with van der Waals surface area (Å²) in [7, 11) is 0. The number of hydrogen-bond acceptors (Lipinski definition) is 5. The highest BCUT2D eigenvalue weighted by molar-refractivity contribution is 9.10. The lowest BCUT2D eigenvalue weighted by atomic mass is 10.0. The number of halogens is 4. The first-order valence-corrected chi connectivity index (χ1v) is 9.49. The van der Waals surface area contributed by atoms with Crippen LogP contribution in [0.3, 0.4) is 0 Å². The molecule has 29 heavy (non-hydrogen) atoms. The highest BCUT2D eigenvalue weighted by Gasteiger charge is 2.31. The number of rotatable bonds is 4. The summed E-state index contributed by atoms with van der Waals surface area (Å²) in [5.74, 6) is 0. The van der Waals surface area contributed by atoms with Crippen LogP contribution in [-0.2, 0) is 12.7 Å². The van der Waals surface area contributed by atoms with E-state index in [4.69, 9.17) is 12.2 Å². The third-order valence-corrected chi connectivity index (χ3v) is 5.36. The Morgan fingerprint density at radius 1 is 1.28 bits per heavy atom. The molecule has 2 aromatic heterocycles. The van der Waals surface area contributed by atoms with E-state index in [1.807, 2.05) is 6.92 Å². The summed E-state index contributed by atoms with van der Waals surface area (Å²) in [6, 6.07) is 6.55. The monoisotopic (exact) mass is 482 g/mol. The van der Waals surface area contributed by atoms with Crippen LogP contribution in [0.1, 0.15) is 23.6 Å². The maximum Gasteiger partial charge on any atom is 0.416 e. The van der Waals surface area contributed by atoms with Crippen LogP contribution >= 0.6 is 28.1 Å². The zero-order valence-electron chi connectivity index (χ0n) is 15.3. The molecule has 1 aromatic carbocycles. The van der Waals surface area contributed by atoms with Crippen molar-refractivity contribution in [3.8, 4) is 6.07 Å². The number of hydrogen-bond donors (Lipinski definition) is 1. The molecule has 0 radical (unpaired) electrons. The molecule has 150 valence electrons. The predicted molar refractivity (Wildman–Crippen MR) is 108 cm³/mol. The third kappa shape index (κ3) is 4.54. The second kappa shape index (κ2) is 7.68. The number of aryl methyl sites for hydroxylation is 1. The van der Waals surface area contributed by atoms with Crippen molar-refractivity contribution < 1.29 is 13.2 Å². The molecule has 0 saturated heterocycles. The average molecular weight is 483 g/mol. The molecule has 3 rings (SSSR count).